The number of nitrogens with zero attached hydrogens (tertiary/aromatic N) is 1. The van der Waals surface area contributed by atoms with E-state index in [0.717, 1.165) is 46.9 Å². The number of aromatic nitrogens is 1. The van der Waals surface area contributed by atoms with Crippen LogP contribution in [0.5, 0.6) is 0 Å². The molecule has 2 amide bonds. The third kappa shape index (κ3) is 6.08. The lowest BCUT2D eigenvalue weighted by atomic mass is 9.89. The highest BCUT2D eigenvalue weighted by Crippen LogP contribution is 2.31. The molecule has 2 N–H and O–H groups in total. The summed E-state index contributed by atoms with van der Waals surface area (Å²) in [5.74, 6) is 0.980. The van der Waals surface area contributed by atoms with E-state index < -0.39 is 0 Å². The fraction of sp³-hybridized carbons (Fsp3) is 0.375. The summed E-state index contributed by atoms with van der Waals surface area (Å²) in [7, 11) is 0. The first kappa shape index (κ1) is 21.8. The van der Waals surface area contributed by atoms with Crippen molar-refractivity contribution in [1.82, 2.24) is 15.6 Å². The number of amides is 2. The number of para-hydroxylation sites is 1. The molecule has 2 aromatic carbocycles. The molecule has 0 aliphatic heterocycles. The second-order valence-electron chi connectivity index (χ2n) is 7.81. The molecule has 7 heteroatoms. The van der Waals surface area contributed by atoms with Crippen LogP contribution in [0.4, 0.5) is 0 Å². The highest BCUT2D eigenvalue weighted by Gasteiger charge is 2.20. The molecule has 0 bridgehead atoms. The quantitative estimate of drug-likeness (QED) is 0.371. The number of rotatable bonds is 8. The molecule has 4 rings (SSSR count). The summed E-state index contributed by atoms with van der Waals surface area (Å²) in [6.07, 6.45) is 5.50. The van der Waals surface area contributed by atoms with Crippen molar-refractivity contribution in [3.63, 3.8) is 0 Å². The summed E-state index contributed by atoms with van der Waals surface area (Å²) in [6, 6.07) is 15.8. The largest absolute Gasteiger partial charge is 0.354 e. The molecule has 1 fully saturated rings. The lowest BCUT2D eigenvalue weighted by Crippen LogP contribution is -2.38. The van der Waals surface area contributed by atoms with Crippen LogP contribution in [-0.2, 0) is 10.5 Å². The molecule has 3 aromatic rings. The number of hydrogen-bond acceptors (Lipinski definition) is 5. The van der Waals surface area contributed by atoms with Crippen molar-refractivity contribution >= 4 is 45.1 Å². The number of hydrogen-bond donors (Lipinski definition) is 2. The second kappa shape index (κ2) is 10.8. The van der Waals surface area contributed by atoms with E-state index in [1.165, 1.54) is 11.1 Å². The van der Waals surface area contributed by atoms with Gasteiger partial charge in [0.1, 0.15) is 0 Å². The first-order chi connectivity index (χ1) is 15.2. The number of nitrogens with one attached hydrogen (secondary N) is 2. The lowest BCUT2D eigenvalue weighted by molar-refractivity contribution is -0.125. The zero-order valence-electron chi connectivity index (χ0n) is 17.4. The lowest BCUT2D eigenvalue weighted by Gasteiger charge is -2.20. The van der Waals surface area contributed by atoms with Crippen molar-refractivity contribution in [2.75, 3.05) is 13.1 Å². The normalized spacial score (nSPS) is 14.5. The highest BCUT2D eigenvalue weighted by atomic mass is 32.2. The molecule has 0 atom stereocenters. The van der Waals surface area contributed by atoms with Gasteiger partial charge in [-0.2, -0.15) is 0 Å². The summed E-state index contributed by atoms with van der Waals surface area (Å²) in [4.78, 5) is 29.1. The van der Waals surface area contributed by atoms with Gasteiger partial charge >= 0.3 is 0 Å². The van der Waals surface area contributed by atoms with Gasteiger partial charge in [-0.15, -0.1) is 11.3 Å². The van der Waals surface area contributed by atoms with Crippen molar-refractivity contribution in [3.8, 4) is 0 Å². The average Bonchev–Trinajstić information content (AvgIpc) is 3.24. The fourth-order valence-corrected chi connectivity index (χ4v) is 5.81. The molecule has 0 unspecified atom stereocenters. The second-order valence-corrected chi connectivity index (χ2v) is 10.1. The summed E-state index contributed by atoms with van der Waals surface area (Å²) in [5.41, 5.74) is 2.82. The maximum Gasteiger partial charge on any atom is 0.251 e. The van der Waals surface area contributed by atoms with Crippen molar-refractivity contribution in [2.24, 2.45) is 5.92 Å². The minimum atomic E-state index is -0.114. The number of carbonyl (C=O) groups excluding carboxylic acids is 2. The van der Waals surface area contributed by atoms with Crippen LogP contribution in [0.2, 0.25) is 0 Å². The Morgan fingerprint density at radius 3 is 2.48 bits per heavy atom. The summed E-state index contributed by atoms with van der Waals surface area (Å²) >= 11 is 3.42. The Kier molecular flexibility index (Phi) is 7.59. The van der Waals surface area contributed by atoms with Gasteiger partial charge in [0.05, 0.1) is 10.2 Å². The van der Waals surface area contributed by atoms with E-state index >= 15 is 0 Å². The van der Waals surface area contributed by atoms with E-state index in [1.807, 2.05) is 42.5 Å². The molecule has 1 heterocycles. The predicted molar refractivity (Wildman–Crippen MR) is 128 cm³/mol. The molecule has 0 spiro atoms. The fourth-order valence-electron chi connectivity index (χ4n) is 3.78. The van der Waals surface area contributed by atoms with Gasteiger partial charge in [-0.3, -0.25) is 9.59 Å². The van der Waals surface area contributed by atoms with Crippen molar-refractivity contribution in [3.05, 3.63) is 59.7 Å². The molecule has 0 saturated heterocycles. The molecule has 1 aromatic heterocycles. The van der Waals surface area contributed by atoms with E-state index in [4.69, 9.17) is 0 Å². The first-order valence-corrected chi connectivity index (χ1v) is 12.6. The van der Waals surface area contributed by atoms with Crippen molar-refractivity contribution in [2.45, 2.75) is 42.2 Å². The minimum Gasteiger partial charge on any atom is -0.354 e. The number of benzene rings is 2. The van der Waals surface area contributed by atoms with E-state index in [0.29, 0.717) is 18.7 Å². The zero-order chi connectivity index (χ0) is 21.5. The van der Waals surface area contributed by atoms with Gasteiger partial charge in [0.15, 0.2) is 4.34 Å². The van der Waals surface area contributed by atoms with Crippen molar-refractivity contribution < 1.29 is 9.59 Å². The minimum absolute atomic E-state index is 0.114. The molecule has 5 nitrogen and oxygen atoms in total. The number of thiazole rings is 1. The summed E-state index contributed by atoms with van der Waals surface area (Å²) in [6.45, 7) is 0.907. The van der Waals surface area contributed by atoms with Gasteiger partial charge in [-0.05, 0) is 42.7 Å². The maximum absolute atomic E-state index is 12.3. The standard InChI is InChI=1S/C24H27N3O2S2/c28-22(18-6-2-1-3-7-18)25-14-15-26-23(29)19-12-10-17(11-13-19)16-30-24-27-20-8-4-5-9-21(20)31-24/h4-5,8-13,18H,1-3,6-7,14-16H2,(H,25,28)(H,26,29). The maximum atomic E-state index is 12.3. The van der Waals surface area contributed by atoms with Gasteiger partial charge in [0.25, 0.3) is 5.91 Å². The average molecular weight is 454 g/mol. The monoisotopic (exact) mass is 453 g/mol. The van der Waals surface area contributed by atoms with Crippen LogP contribution in [0, 0.1) is 5.92 Å². The van der Waals surface area contributed by atoms with Gasteiger partial charge in [-0.25, -0.2) is 4.98 Å². The Balaban J connectivity index is 1.19. The van der Waals surface area contributed by atoms with Crippen LogP contribution >= 0.6 is 23.1 Å². The molecular weight excluding hydrogens is 426 g/mol. The van der Waals surface area contributed by atoms with Gasteiger partial charge in [0, 0.05) is 30.3 Å². The number of thioether (sulfide) groups is 1. The highest BCUT2D eigenvalue weighted by molar-refractivity contribution is 8.00. The third-order valence-corrected chi connectivity index (χ3v) is 7.79. The van der Waals surface area contributed by atoms with Crippen LogP contribution in [-0.4, -0.2) is 29.9 Å². The summed E-state index contributed by atoms with van der Waals surface area (Å²) < 4.78 is 2.25. The van der Waals surface area contributed by atoms with Crippen molar-refractivity contribution in [1.29, 1.82) is 0 Å². The van der Waals surface area contributed by atoms with E-state index in [9.17, 15) is 9.59 Å². The Morgan fingerprint density at radius 1 is 0.968 bits per heavy atom. The topological polar surface area (TPSA) is 71.1 Å². The van der Waals surface area contributed by atoms with Gasteiger partial charge in [0.2, 0.25) is 5.91 Å². The third-order valence-electron chi connectivity index (χ3n) is 5.54. The zero-order valence-corrected chi connectivity index (χ0v) is 19.1. The van der Waals surface area contributed by atoms with Crippen LogP contribution in [0.1, 0.15) is 48.0 Å². The smallest absolute Gasteiger partial charge is 0.251 e. The van der Waals surface area contributed by atoms with E-state index in [-0.39, 0.29) is 17.7 Å². The van der Waals surface area contributed by atoms with Gasteiger partial charge in [-0.1, -0.05) is 55.3 Å². The molecule has 0 radical (unpaired) electrons. The summed E-state index contributed by atoms with van der Waals surface area (Å²) in [5, 5.41) is 5.83. The number of carbonyl (C=O) groups is 2. The number of fused-ring (bicyclic) bond motifs is 1. The molecule has 1 aliphatic rings. The molecular formula is C24H27N3O2S2. The van der Waals surface area contributed by atoms with Gasteiger partial charge < -0.3 is 10.6 Å². The van der Waals surface area contributed by atoms with E-state index in [2.05, 4.69) is 21.7 Å². The van der Waals surface area contributed by atoms with Crippen LogP contribution in [0.15, 0.2) is 52.9 Å². The van der Waals surface area contributed by atoms with Crippen LogP contribution in [0.3, 0.4) is 0 Å². The Morgan fingerprint density at radius 2 is 1.71 bits per heavy atom. The SMILES string of the molecule is O=C(NCCNC(=O)C1CCCCC1)c1ccc(CSc2nc3ccccc3s2)cc1. The first-order valence-electron chi connectivity index (χ1n) is 10.8. The Bertz CT molecular complexity index is 994. The van der Waals surface area contributed by atoms with Crippen LogP contribution < -0.4 is 10.6 Å². The molecule has 31 heavy (non-hydrogen) atoms. The Hall–Kier alpha value is -2.38. The molecule has 1 saturated carbocycles. The molecule has 162 valence electrons. The predicted octanol–water partition coefficient (Wildman–Crippen LogP) is 5.01. The van der Waals surface area contributed by atoms with E-state index in [1.54, 1.807) is 23.1 Å². The molecule has 1 aliphatic carbocycles. The van der Waals surface area contributed by atoms with Crippen LogP contribution in [0.25, 0.3) is 10.2 Å². The Labute approximate surface area is 191 Å².